The zero-order valence-electron chi connectivity index (χ0n) is 18.0. The average molecular weight is 528 g/mol. The third-order valence-electron chi connectivity index (χ3n) is 4.29. The van der Waals surface area contributed by atoms with Crippen molar-refractivity contribution in [3.63, 3.8) is 0 Å². The Morgan fingerprint density at radius 1 is 0.774 bits per heavy atom. The lowest BCUT2D eigenvalue weighted by Crippen LogP contribution is -2.33. The van der Waals surface area contributed by atoms with Gasteiger partial charge in [-0.3, -0.25) is 26.5 Å². The van der Waals surface area contributed by atoms with Gasteiger partial charge < -0.3 is 9.05 Å². The molecule has 0 spiro atoms. The summed E-state index contributed by atoms with van der Waals surface area (Å²) in [6.07, 6.45) is -0.327. The summed E-state index contributed by atoms with van der Waals surface area (Å²) in [5, 5.41) is 0. The quantitative estimate of drug-likeness (QED) is 0.269. The highest BCUT2D eigenvalue weighted by molar-refractivity contribution is 7.87. The first-order valence-corrected chi connectivity index (χ1v) is 16.3. The summed E-state index contributed by atoms with van der Waals surface area (Å²) in [5.74, 6) is -0.936. The Kier molecular flexibility index (Phi) is 8.63. The molecule has 0 aliphatic carbocycles. The van der Waals surface area contributed by atoms with Gasteiger partial charge in [0.2, 0.25) is 0 Å². The molecule has 2 heterocycles. The highest BCUT2D eigenvalue weighted by Crippen LogP contribution is 2.57. The van der Waals surface area contributed by atoms with E-state index in [1.54, 1.807) is 13.8 Å². The molecule has 0 amide bonds. The first kappa shape index (κ1) is 27.4. The van der Waals surface area contributed by atoms with Crippen LogP contribution in [0.15, 0.2) is 0 Å². The summed E-state index contributed by atoms with van der Waals surface area (Å²) in [5.41, 5.74) is -2.68. The lowest BCUT2D eigenvalue weighted by molar-refractivity contribution is 0.0594. The largest absolute Gasteiger partial charge is 0.331 e. The maximum absolute atomic E-state index is 13.2. The van der Waals surface area contributed by atoms with E-state index in [1.165, 1.54) is 13.8 Å². The predicted molar refractivity (Wildman–Crippen MR) is 111 cm³/mol. The molecule has 0 bridgehead atoms. The Morgan fingerprint density at radius 3 is 1.39 bits per heavy atom. The van der Waals surface area contributed by atoms with E-state index in [-0.39, 0.29) is 45.2 Å². The molecule has 0 N–H and O–H groups in total. The van der Waals surface area contributed by atoms with Crippen LogP contribution in [0.3, 0.4) is 0 Å². The van der Waals surface area contributed by atoms with E-state index in [9.17, 15) is 26.0 Å². The summed E-state index contributed by atoms with van der Waals surface area (Å²) >= 11 is 0. The van der Waals surface area contributed by atoms with Crippen molar-refractivity contribution in [1.82, 2.24) is 0 Å². The minimum absolute atomic E-state index is 0.0297. The van der Waals surface area contributed by atoms with E-state index in [2.05, 4.69) is 0 Å². The van der Waals surface area contributed by atoms with Crippen molar-refractivity contribution >= 4 is 35.4 Å². The minimum atomic E-state index is -3.77. The number of rotatable bonds is 12. The predicted octanol–water partition coefficient (Wildman–Crippen LogP) is 2.11. The fourth-order valence-electron chi connectivity index (χ4n) is 3.24. The van der Waals surface area contributed by atoms with E-state index in [1.807, 2.05) is 0 Å². The normalized spacial score (nSPS) is 33.7. The zero-order chi connectivity index (χ0) is 23.6. The van der Waals surface area contributed by atoms with Gasteiger partial charge in [0.05, 0.1) is 38.8 Å². The highest BCUT2D eigenvalue weighted by Gasteiger charge is 2.48. The van der Waals surface area contributed by atoms with Crippen LogP contribution in [0.2, 0.25) is 0 Å². The van der Waals surface area contributed by atoms with Crippen LogP contribution in [-0.2, 0) is 55.8 Å². The molecule has 2 rings (SSSR count). The fraction of sp³-hybridized carbons (Fsp3) is 1.00. The van der Waals surface area contributed by atoms with Crippen LogP contribution in [0, 0.1) is 0 Å². The standard InChI is InChI=1S/C15H30O12P2S2/c1-5-22-28(16,26-14(3)10-24-30(18,19)12-14)8-7-9-29(17,23-6-2)27-15(4)11-25-31(20,21)13-15/h5-13H2,1-4H3/t14-,15?,28?,29?/m0/s1. The Hall–Kier alpha value is 0.120. The molecule has 0 aromatic carbocycles. The number of hydrogen-bond acceptors (Lipinski definition) is 12. The first-order chi connectivity index (χ1) is 14.1. The third-order valence-corrected chi connectivity index (χ3v) is 11.6. The minimum Gasteiger partial charge on any atom is -0.309 e. The van der Waals surface area contributed by atoms with Gasteiger partial charge in [-0.25, -0.2) is 0 Å². The van der Waals surface area contributed by atoms with E-state index in [4.69, 9.17) is 26.5 Å². The fourth-order valence-corrected chi connectivity index (χ4v) is 10.5. The van der Waals surface area contributed by atoms with E-state index < -0.39 is 58.1 Å². The van der Waals surface area contributed by atoms with Gasteiger partial charge in [0.25, 0.3) is 20.2 Å². The average Bonchev–Trinajstić information content (AvgIpc) is 3.00. The van der Waals surface area contributed by atoms with Gasteiger partial charge in [0, 0.05) is 0 Å². The smallest absolute Gasteiger partial charge is 0.309 e. The summed E-state index contributed by atoms with van der Waals surface area (Å²) in [7, 11) is -15.1. The second-order valence-corrected chi connectivity index (χ2v) is 15.4. The van der Waals surface area contributed by atoms with Crippen LogP contribution >= 0.6 is 15.2 Å². The van der Waals surface area contributed by atoms with Crippen molar-refractivity contribution in [1.29, 1.82) is 0 Å². The van der Waals surface area contributed by atoms with Crippen LogP contribution in [0.1, 0.15) is 34.1 Å². The first-order valence-electron chi connectivity index (χ1n) is 9.70. The maximum Gasteiger partial charge on any atom is 0.331 e. The molecular formula is C15H30O12P2S2. The molecule has 2 aliphatic rings. The molecule has 31 heavy (non-hydrogen) atoms. The van der Waals surface area contributed by atoms with E-state index in [0.717, 1.165) is 0 Å². The number of hydrogen-bond donors (Lipinski definition) is 0. The van der Waals surface area contributed by atoms with Gasteiger partial charge in [0.15, 0.2) is 0 Å². The topological polar surface area (TPSA) is 158 Å². The lowest BCUT2D eigenvalue weighted by atomic mass is 10.2. The molecule has 2 aliphatic heterocycles. The summed E-state index contributed by atoms with van der Waals surface area (Å²) in [4.78, 5) is 0. The van der Waals surface area contributed by atoms with Crippen LogP contribution in [0.5, 0.6) is 0 Å². The van der Waals surface area contributed by atoms with E-state index in [0.29, 0.717) is 0 Å². The molecule has 2 fully saturated rings. The van der Waals surface area contributed by atoms with Crippen molar-refractivity contribution in [2.75, 3.05) is 50.3 Å². The SMILES string of the molecule is CCOP(=O)(CCCP(=O)(OCC)O[C@@]1(C)COS(=O)(=O)C1)OC1(C)COS(=O)(=O)C1. The van der Waals surface area contributed by atoms with Crippen LogP contribution in [0.25, 0.3) is 0 Å². The summed E-state index contributed by atoms with van der Waals surface area (Å²) in [6.45, 7) is 5.64. The molecule has 0 radical (unpaired) electrons. The van der Waals surface area contributed by atoms with Crippen molar-refractivity contribution in [2.24, 2.45) is 0 Å². The molecule has 0 aromatic heterocycles. The van der Waals surface area contributed by atoms with Gasteiger partial charge in [-0.1, -0.05) is 0 Å². The molecule has 184 valence electrons. The molecule has 16 heteroatoms. The van der Waals surface area contributed by atoms with E-state index >= 15 is 0 Å². The van der Waals surface area contributed by atoms with Crippen molar-refractivity contribution in [3.05, 3.63) is 0 Å². The highest BCUT2D eigenvalue weighted by atomic mass is 32.2. The van der Waals surface area contributed by atoms with Gasteiger partial charge in [-0.2, -0.15) is 16.8 Å². The molecule has 2 saturated heterocycles. The molecular weight excluding hydrogens is 498 g/mol. The van der Waals surface area contributed by atoms with Crippen LogP contribution < -0.4 is 0 Å². The van der Waals surface area contributed by atoms with Crippen LogP contribution in [-0.4, -0.2) is 78.3 Å². The summed E-state index contributed by atoms with van der Waals surface area (Å²) in [6, 6.07) is 0. The molecule has 3 unspecified atom stereocenters. The summed E-state index contributed by atoms with van der Waals surface area (Å²) < 4.78 is 104. The zero-order valence-corrected chi connectivity index (χ0v) is 21.4. The maximum atomic E-state index is 13.2. The van der Waals surface area contributed by atoms with Crippen molar-refractivity contribution in [3.8, 4) is 0 Å². The molecule has 12 nitrogen and oxygen atoms in total. The van der Waals surface area contributed by atoms with Gasteiger partial charge in [-0.15, -0.1) is 0 Å². The molecule has 4 atom stereocenters. The Morgan fingerprint density at radius 2 is 1.13 bits per heavy atom. The van der Waals surface area contributed by atoms with Crippen molar-refractivity contribution in [2.45, 2.75) is 45.3 Å². The van der Waals surface area contributed by atoms with Gasteiger partial charge in [-0.05, 0) is 34.1 Å². The monoisotopic (exact) mass is 528 g/mol. The van der Waals surface area contributed by atoms with Gasteiger partial charge >= 0.3 is 15.2 Å². The Bertz CT molecular complexity index is 873. The van der Waals surface area contributed by atoms with Crippen molar-refractivity contribution < 1.29 is 52.4 Å². The van der Waals surface area contributed by atoms with Crippen LogP contribution in [0.4, 0.5) is 0 Å². The lowest BCUT2D eigenvalue weighted by Gasteiger charge is -2.29. The Balaban J connectivity index is 2.04. The molecule has 0 saturated carbocycles. The second-order valence-electron chi connectivity index (χ2n) is 7.87. The Labute approximate surface area is 183 Å². The second kappa shape index (κ2) is 9.77. The van der Waals surface area contributed by atoms with Gasteiger partial charge in [0.1, 0.15) is 22.7 Å². The third kappa shape index (κ3) is 8.13. The molecule has 0 aromatic rings.